The Kier molecular flexibility index (Phi) is 4.02. The summed E-state index contributed by atoms with van der Waals surface area (Å²) in [7, 11) is 2.11. The lowest BCUT2D eigenvalue weighted by atomic mass is 10.1. The largest absolute Gasteiger partial charge is 0.334 e. The molecule has 1 aromatic rings. The van der Waals surface area contributed by atoms with Crippen LogP contribution >= 0.6 is 15.9 Å². The van der Waals surface area contributed by atoms with Crippen molar-refractivity contribution in [1.29, 1.82) is 0 Å². The highest BCUT2D eigenvalue weighted by molar-refractivity contribution is 9.10. The Morgan fingerprint density at radius 3 is 2.50 bits per heavy atom. The van der Waals surface area contributed by atoms with Gasteiger partial charge in [-0.25, -0.2) is 4.98 Å². The van der Waals surface area contributed by atoms with Crippen LogP contribution in [0, 0.1) is 0 Å². The molecular formula is C13H18BrN3O. The van der Waals surface area contributed by atoms with Gasteiger partial charge in [0.15, 0.2) is 0 Å². The highest BCUT2D eigenvalue weighted by Gasteiger charge is 2.30. The second-order valence-electron chi connectivity index (χ2n) is 4.92. The lowest BCUT2D eigenvalue weighted by Crippen LogP contribution is -2.56. The van der Waals surface area contributed by atoms with Crippen LogP contribution in [0.3, 0.4) is 0 Å². The summed E-state index contributed by atoms with van der Waals surface area (Å²) in [5, 5.41) is 0. The fourth-order valence-corrected chi connectivity index (χ4v) is 2.60. The number of piperazine rings is 1. The first-order valence-electron chi connectivity index (χ1n) is 6.13. The Morgan fingerprint density at radius 1 is 1.33 bits per heavy atom. The second kappa shape index (κ2) is 5.36. The van der Waals surface area contributed by atoms with Crippen LogP contribution in [0.1, 0.15) is 24.3 Å². The Balaban J connectivity index is 2.15. The van der Waals surface area contributed by atoms with Gasteiger partial charge in [-0.15, -0.1) is 0 Å². The van der Waals surface area contributed by atoms with Crippen molar-refractivity contribution in [3.63, 3.8) is 0 Å². The number of pyridine rings is 1. The van der Waals surface area contributed by atoms with Gasteiger partial charge in [0.25, 0.3) is 5.91 Å². The van der Waals surface area contributed by atoms with E-state index in [4.69, 9.17) is 0 Å². The Labute approximate surface area is 116 Å². The van der Waals surface area contributed by atoms with Crippen LogP contribution in [0.4, 0.5) is 0 Å². The maximum Gasteiger partial charge on any atom is 0.272 e. The molecule has 0 aromatic carbocycles. The number of rotatable bonds is 1. The first-order valence-corrected chi connectivity index (χ1v) is 6.92. The zero-order valence-electron chi connectivity index (χ0n) is 10.9. The molecule has 5 heteroatoms. The van der Waals surface area contributed by atoms with E-state index in [9.17, 15) is 4.79 Å². The maximum atomic E-state index is 12.4. The molecule has 2 unspecified atom stereocenters. The highest BCUT2D eigenvalue weighted by atomic mass is 79.9. The van der Waals surface area contributed by atoms with E-state index < -0.39 is 0 Å². The standard InChI is InChI=1S/C13H18BrN3O/c1-9-7-17(8-10(2)16(9)3)13(18)11-5-4-6-12(14)15-11/h4-6,9-10H,7-8H2,1-3H3. The normalized spacial score (nSPS) is 25.2. The minimum atomic E-state index is 0.0168. The molecule has 0 N–H and O–H groups in total. The quantitative estimate of drug-likeness (QED) is 0.744. The molecule has 0 bridgehead atoms. The predicted octanol–water partition coefficient (Wildman–Crippen LogP) is 2.01. The number of likely N-dealkylation sites (N-methyl/N-ethyl adjacent to an activating group) is 1. The molecule has 1 amide bonds. The van der Waals surface area contributed by atoms with Crippen LogP contribution in [0.15, 0.2) is 22.8 Å². The fourth-order valence-electron chi connectivity index (χ4n) is 2.26. The monoisotopic (exact) mass is 311 g/mol. The van der Waals surface area contributed by atoms with Crippen molar-refractivity contribution in [2.75, 3.05) is 20.1 Å². The zero-order chi connectivity index (χ0) is 13.3. The lowest BCUT2D eigenvalue weighted by molar-refractivity contribution is 0.0409. The SMILES string of the molecule is CC1CN(C(=O)c2cccc(Br)n2)CC(C)N1C. The number of amides is 1. The van der Waals surface area contributed by atoms with Crippen molar-refractivity contribution >= 4 is 21.8 Å². The average Bonchev–Trinajstić information content (AvgIpc) is 2.34. The number of aromatic nitrogens is 1. The van der Waals surface area contributed by atoms with Gasteiger partial charge in [0, 0.05) is 25.2 Å². The molecule has 1 fully saturated rings. The highest BCUT2D eigenvalue weighted by Crippen LogP contribution is 2.16. The van der Waals surface area contributed by atoms with Crippen molar-refractivity contribution in [3.05, 3.63) is 28.5 Å². The van der Waals surface area contributed by atoms with Crippen LogP contribution in [-0.4, -0.2) is 52.9 Å². The molecule has 2 heterocycles. The Hall–Kier alpha value is -0.940. The smallest absolute Gasteiger partial charge is 0.272 e. The van der Waals surface area contributed by atoms with Crippen LogP contribution in [-0.2, 0) is 0 Å². The number of halogens is 1. The summed E-state index contributed by atoms with van der Waals surface area (Å²) in [6.45, 7) is 5.80. The number of hydrogen-bond acceptors (Lipinski definition) is 3. The van der Waals surface area contributed by atoms with E-state index in [0.29, 0.717) is 22.4 Å². The van der Waals surface area contributed by atoms with Crippen LogP contribution in [0.5, 0.6) is 0 Å². The van der Waals surface area contributed by atoms with E-state index in [0.717, 1.165) is 13.1 Å². The Morgan fingerprint density at radius 2 is 1.94 bits per heavy atom. The number of carbonyl (C=O) groups excluding carboxylic acids is 1. The predicted molar refractivity (Wildman–Crippen MR) is 74.5 cm³/mol. The molecule has 0 saturated carbocycles. The minimum Gasteiger partial charge on any atom is -0.334 e. The zero-order valence-corrected chi connectivity index (χ0v) is 12.5. The van der Waals surface area contributed by atoms with Gasteiger partial charge >= 0.3 is 0 Å². The second-order valence-corrected chi connectivity index (χ2v) is 5.73. The van der Waals surface area contributed by atoms with Gasteiger partial charge in [-0.3, -0.25) is 9.69 Å². The third-order valence-electron chi connectivity index (χ3n) is 3.58. The molecule has 2 rings (SSSR count). The maximum absolute atomic E-state index is 12.4. The van der Waals surface area contributed by atoms with Crippen LogP contribution in [0.2, 0.25) is 0 Å². The van der Waals surface area contributed by atoms with E-state index >= 15 is 0 Å². The van der Waals surface area contributed by atoms with Crippen LogP contribution in [0.25, 0.3) is 0 Å². The fraction of sp³-hybridized carbons (Fsp3) is 0.538. The van der Waals surface area contributed by atoms with E-state index in [1.54, 1.807) is 6.07 Å². The van der Waals surface area contributed by atoms with E-state index in [2.05, 4.69) is 46.7 Å². The molecule has 2 atom stereocenters. The Bertz CT molecular complexity index is 440. The van der Waals surface area contributed by atoms with Gasteiger partial charge in [0.05, 0.1) is 0 Å². The van der Waals surface area contributed by atoms with Crippen molar-refractivity contribution < 1.29 is 4.79 Å². The first-order chi connectivity index (χ1) is 8.49. The van der Waals surface area contributed by atoms with Gasteiger partial charge in [0.2, 0.25) is 0 Å². The van der Waals surface area contributed by atoms with E-state index in [1.807, 2.05) is 17.0 Å². The number of hydrogen-bond donors (Lipinski definition) is 0. The van der Waals surface area contributed by atoms with E-state index in [1.165, 1.54) is 0 Å². The molecule has 0 spiro atoms. The molecule has 1 aliphatic rings. The molecule has 1 aromatic heterocycles. The van der Waals surface area contributed by atoms with Crippen molar-refractivity contribution in [2.24, 2.45) is 0 Å². The third kappa shape index (κ3) is 2.72. The summed E-state index contributed by atoms with van der Waals surface area (Å²) in [4.78, 5) is 20.8. The van der Waals surface area contributed by atoms with Gasteiger partial charge in [-0.2, -0.15) is 0 Å². The molecule has 1 aliphatic heterocycles. The topological polar surface area (TPSA) is 36.4 Å². The molecule has 4 nitrogen and oxygen atoms in total. The number of carbonyl (C=O) groups is 1. The summed E-state index contributed by atoms with van der Waals surface area (Å²) in [5.74, 6) is 0.0168. The third-order valence-corrected chi connectivity index (χ3v) is 4.02. The molecule has 18 heavy (non-hydrogen) atoms. The van der Waals surface area contributed by atoms with Gasteiger partial charge in [0.1, 0.15) is 10.3 Å². The van der Waals surface area contributed by atoms with Crippen molar-refractivity contribution in [3.8, 4) is 0 Å². The summed E-state index contributed by atoms with van der Waals surface area (Å²) >= 11 is 3.30. The van der Waals surface area contributed by atoms with Gasteiger partial charge in [-0.1, -0.05) is 6.07 Å². The first kappa shape index (κ1) is 13.5. The summed E-state index contributed by atoms with van der Waals surface area (Å²) in [5.41, 5.74) is 0.508. The summed E-state index contributed by atoms with van der Waals surface area (Å²) in [6, 6.07) is 6.19. The molecule has 1 saturated heterocycles. The molecule has 0 radical (unpaired) electrons. The van der Waals surface area contributed by atoms with Crippen molar-refractivity contribution in [1.82, 2.24) is 14.8 Å². The molecule has 98 valence electrons. The van der Waals surface area contributed by atoms with Gasteiger partial charge in [-0.05, 0) is 49.0 Å². The summed E-state index contributed by atoms with van der Waals surface area (Å²) < 4.78 is 0.698. The van der Waals surface area contributed by atoms with E-state index in [-0.39, 0.29) is 5.91 Å². The summed E-state index contributed by atoms with van der Waals surface area (Å²) in [6.07, 6.45) is 0. The van der Waals surface area contributed by atoms with Crippen LogP contribution < -0.4 is 0 Å². The average molecular weight is 312 g/mol. The van der Waals surface area contributed by atoms with Gasteiger partial charge < -0.3 is 4.90 Å². The number of nitrogens with zero attached hydrogens (tertiary/aromatic N) is 3. The minimum absolute atomic E-state index is 0.0168. The lowest BCUT2D eigenvalue weighted by Gasteiger charge is -2.42. The molecular weight excluding hydrogens is 294 g/mol. The molecule has 0 aliphatic carbocycles. The van der Waals surface area contributed by atoms with Crippen molar-refractivity contribution in [2.45, 2.75) is 25.9 Å².